The maximum Gasteiger partial charge on any atom is 0.0361 e. The predicted octanol–water partition coefficient (Wildman–Crippen LogP) is 4.03. The van der Waals surface area contributed by atoms with Crippen LogP contribution in [-0.2, 0) is 6.42 Å². The van der Waals surface area contributed by atoms with E-state index in [1.165, 1.54) is 11.3 Å². The summed E-state index contributed by atoms with van der Waals surface area (Å²) in [5.74, 6) is 0. The van der Waals surface area contributed by atoms with Gasteiger partial charge in [-0.15, -0.1) is 0 Å². The summed E-state index contributed by atoms with van der Waals surface area (Å²) in [6.07, 6.45) is 7.89. The van der Waals surface area contributed by atoms with Crippen molar-refractivity contribution in [3.63, 3.8) is 0 Å². The van der Waals surface area contributed by atoms with Crippen LogP contribution in [0, 0.1) is 0 Å². The van der Waals surface area contributed by atoms with Gasteiger partial charge in [0, 0.05) is 25.1 Å². The lowest BCUT2D eigenvalue weighted by atomic mass is 10.1. The zero-order chi connectivity index (χ0) is 11.8. The number of rotatable bonds is 6. The second kappa shape index (κ2) is 7.50. The molecule has 0 aliphatic heterocycles. The van der Waals surface area contributed by atoms with Crippen molar-refractivity contribution in [1.29, 1.82) is 0 Å². The van der Waals surface area contributed by atoms with Crippen molar-refractivity contribution < 1.29 is 0 Å². The van der Waals surface area contributed by atoms with Gasteiger partial charge >= 0.3 is 0 Å². The summed E-state index contributed by atoms with van der Waals surface area (Å²) in [6.45, 7) is 0. The molecule has 1 rings (SSSR count). The van der Waals surface area contributed by atoms with Gasteiger partial charge in [0.1, 0.15) is 0 Å². The number of halogens is 1. The van der Waals surface area contributed by atoms with E-state index in [2.05, 4.69) is 71.3 Å². The van der Waals surface area contributed by atoms with Gasteiger partial charge in [0.15, 0.2) is 0 Å². The third kappa shape index (κ3) is 4.84. The van der Waals surface area contributed by atoms with Crippen molar-refractivity contribution in [2.24, 2.45) is 0 Å². The zero-order valence-corrected chi connectivity index (χ0v) is 11.7. The normalized spacial score (nSPS) is 10.9. The molecule has 0 aliphatic rings. The van der Waals surface area contributed by atoms with E-state index >= 15 is 0 Å². The molecular formula is C14H20BrN. The summed E-state index contributed by atoms with van der Waals surface area (Å²) >= 11 is 3.41. The lowest BCUT2D eigenvalue weighted by molar-refractivity contribution is 0.991. The van der Waals surface area contributed by atoms with Gasteiger partial charge in [-0.05, 0) is 37.0 Å². The fraction of sp³-hybridized carbons (Fsp3) is 0.429. The van der Waals surface area contributed by atoms with Gasteiger partial charge < -0.3 is 4.90 Å². The van der Waals surface area contributed by atoms with Crippen LogP contribution in [0.25, 0.3) is 0 Å². The van der Waals surface area contributed by atoms with Crippen LogP contribution in [0.5, 0.6) is 0 Å². The number of hydrogen-bond donors (Lipinski definition) is 0. The average Bonchev–Trinajstić information content (AvgIpc) is 2.29. The Bertz CT molecular complexity index is 314. The average molecular weight is 282 g/mol. The molecule has 16 heavy (non-hydrogen) atoms. The van der Waals surface area contributed by atoms with Gasteiger partial charge in [0.05, 0.1) is 0 Å². The maximum atomic E-state index is 3.41. The van der Waals surface area contributed by atoms with Crippen LogP contribution in [0.2, 0.25) is 0 Å². The molecule has 0 fully saturated rings. The molecule has 0 atom stereocenters. The first-order valence-corrected chi connectivity index (χ1v) is 6.83. The molecule has 0 aromatic heterocycles. The highest BCUT2D eigenvalue weighted by molar-refractivity contribution is 9.09. The van der Waals surface area contributed by atoms with Gasteiger partial charge in [-0.25, -0.2) is 0 Å². The molecule has 0 spiro atoms. The monoisotopic (exact) mass is 281 g/mol. The molecule has 0 aliphatic carbocycles. The summed E-state index contributed by atoms with van der Waals surface area (Å²) in [6, 6.07) is 8.79. The van der Waals surface area contributed by atoms with Crippen molar-refractivity contribution in [3.8, 4) is 0 Å². The Balaban J connectivity index is 2.37. The van der Waals surface area contributed by atoms with Crippen molar-refractivity contribution in [1.82, 2.24) is 0 Å². The standard InChI is InChI=1S/C14H20BrN/c1-16(2)14-10-8-13(9-11-14)7-5-3-4-6-12-15/h3-4,8-11H,5-7,12H2,1-2H3/b4-3+. The second-order valence-electron chi connectivity index (χ2n) is 4.05. The number of hydrogen-bond acceptors (Lipinski definition) is 1. The molecule has 0 saturated heterocycles. The summed E-state index contributed by atoms with van der Waals surface area (Å²) in [7, 11) is 4.13. The molecule has 0 saturated carbocycles. The fourth-order valence-corrected chi connectivity index (χ4v) is 1.77. The van der Waals surface area contributed by atoms with E-state index in [-0.39, 0.29) is 0 Å². The molecule has 0 N–H and O–H groups in total. The molecule has 1 aromatic rings. The molecule has 0 heterocycles. The van der Waals surface area contributed by atoms with Gasteiger partial charge in [0.2, 0.25) is 0 Å². The molecule has 2 heteroatoms. The third-order valence-corrected chi connectivity index (χ3v) is 2.95. The van der Waals surface area contributed by atoms with Crippen LogP contribution in [0.15, 0.2) is 36.4 Å². The summed E-state index contributed by atoms with van der Waals surface area (Å²) < 4.78 is 0. The molecule has 88 valence electrons. The Labute approximate surface area is 107 Å². The minimum absolute atomic E-state index is 1.06. The summed E-state index contributed by atoms with van der Waals surface area (Å²) in [4.78, 5) is 2.12. The largest absolute Gasteiger partial charge is 0.378 e. The van der Waals surface area contributed by atoms with Crippen LogP contribution in [-0.4, -0.2) is 19.4 Å². The summed E-state index contributed by atoms with van der Waals surface area (Å²) in [5, 5.41) is 1.06. The summed E-state index contributed by atoms with van der Waals surface area (Å²) in [5.41, 5.74) is 2.67. The van der Waals surface area contributed by atoms with Gasteiger partial charge in [-0.2, -0.15) is 0 Å². The molecule has 0 unspecified atom stereocenters. The number of anilines is 1. The van der Waals surface area contributed by atoms with E-state index < -0.39 is 0 Å². The lowest BCUT2D eigenvalue weighted by Crippen LogP contribution is -2.08. The van der Waals surface area contributed by atoms with Crippen molar-refractivity contribution >= 4 is 21.6 Å². The van der Waals surface area contributed by atoms with E-state index in [0.29, 0.717) is 0 Å². The highest BCUT2D eigenvalue weighted by atomic mass is 79.9. The van der Waals surface area contributed by atoms with Crippen LogP contribution in [0.4, 0.5) is 5.69 Å². The number of allylic oxidation sites excluding steroid dienone is 2. The fourth-order valence-electron chi connectivity index (χ4n) is 1.51. The minimum atomic E-state index is 1.06. The van der Waals surface area contributed by atoms with Gasteiger partial charge in [0.25, 0.3) is 0 Å². The van der Waals surface area contributed by atoms with Gasteiger partial charge in [-0.3, -0.25) is 0 Å². The van der Waals surface area contributed by atoms with Crippen LogP contribution in [0.3, 0.4) is 0 Å². The highest BCUT2D eigenvalue weighted by Crippen LogP contribution is 2.13. The van der Waals surface area contributed by atoms with E-state index in [1.807, 2.05) is 0 Å². The third-order valence-electron chi connectivity index (χ3n) is 2.49. The van der Waals surface area contributed by atoms with Crippen LogP contribution < -0.4 is 4.90 Å². The second-order valence-corrected chi connectivity index (χ2v) is 4.84. The number of benzene rings is 1. The van der Waals surface area contributed by atoms with Crippen molar-refractivity contribution in [3.05, 3.63) is 42.0 Å². The molecule has 0 bridgehead atoms. The molecule has 0 radical (unpaired) electrons. The maximum absolute atomic E-state index is 3.41. The van der Waals surface area contributed by atoms with Crippen molar-refractivity contribution in [2.75, 3.05) is 24.3 Å². The molecule has 1 aromatic carbocycles. The first-order chi connectivity index (χ1) is 7.74. The van der Waals surface area contributed by atoms with E-state index in [4.69, 9.17) is 0 Å². The van der Waals surface area contributed by atoms with E-state index in [1.54, 1.807) is 0 Å². The van der Waals surface area contributed by atoms with Crippen LogP contribution in [0.1, 0.15) is 18.4 Å². The highest BCUT2D eigenvalue weighted by Gasteiger charge is 1.95. The Hall–Kier alpha value is -0.760. The molecule has 0 amide bonds. The number of alkyl halides is 1. The number of aryl methyl sites for hydroxylation is 1. The predicted molar refractivity (Wildman–Crippen MR) is 76.6 cm³/mol. The first-order valence-electron chi connectivity index (χ1n) is 5.71. The first kappa shape index (κ1) is 13.3. The van der Waals surface area contributed by atoms with Gasteiger partial charge in [-0.1, -0.05) is 40.2 Å². The molecular weight excluding hydrogens is 262 g/mol. The van der Waals surface area contributed by atoms with E-state index in [9.17, 15) is 0 Å². The van der Waals surface area contributed by atoms with E-state index in [0.717, 1.165) is 24.6 Å². The lowest BCUT2D eigenvalue weighted by Gasteiger charge is -2.12. The Kier molecular flexibility index (Phi) is 6.24. The smallest absolute Gasteiger partial charge is 0.0361 e. The Morgan fingerprint density at radius 2 is 1.69 bits per heavy atom. The minimum Gasteiger partial charge on any atom is -0.378 e. The molecule has 1 nitrogen and oxygen atoms in total. The van der Waals surface area contributed by atoms with Crippen LogP contribution >= 0.6 is 15.9 Å². The number of nitrogens with zero attached hydrogens (tertiary/aromatic N) is 1. The Morgan fingerprint density at radius 3 is 2.25 bits per heavy atom. The Morgan fingerprint density at radius 1 is 1.06 bits per heavy atom. The SMILES string of the molecule is CN(C)c1ccc(CC/C=C/CCBr)cc1. The zero-order valence-electron chi connectivity index (χ0n) is 10.1. The van der Waals surface area contributed by atoms with Crippen molar-refractivity contribution in [2.45, 2.75) is 19.3 Å². The quantitative estimate of drug-likeness (QED) is 0.562. The topological polar surface area (TPSA) is 3.24 Å².